The number of carbonyl (C=O) groups excluding carboxylic acids is 1. The van der Waals surface area contributed by atoms with Crippen LogP contribution in [-0.4, -0.2) is 33.5 Å². The highest BCUT2D eigenvalue weighted by molar-refractivity contribution is 7.89. The minimum absolute atomic E-state index is 0.292. The van der Waals surface area contributed by atoms with Crippen LogP contribution in [0.15, 0.2) is 29.2 Å². The van der Waals surface area contributed by atoms with Crippen LogP contribution in [-0.2, 0) is 14.8 Å². The second-order valence-electron chi connectivity index (χ2n) is 5.21. The molecule has 0 aliphatic heterocycles. The minimum atomic E-state index is -4.12. The Kier molecular flexibility index (Phi) is 6.92. The zero-order chi connectivity index (χ0) is 16.8. The SMILES string of the molecule is CC(C)C(NS(=O)(=O)c1ccccc1F)C(=O)NCCCN. The molecule has 4 N–H and O–H groups in total. The van der Waals surface area contributed by atoms with Crippen molar-refractivity contribution in [2.24, 2.45) is 11.7 Å². The molecule has 0 bridgehead atoms. The van der Waals surface area contributed by atoms with Crippen molar-refractivity contribution >= 4 is 15.9 Å². The average Bonchev–Trinajstić information content (AvgIpc) is 2.45. The van der Waals surface area contributed by atoms with Gasteiger partial charge in [-0.15, -0.1) is 0 Å². The second kappa shape index (κ2) is 8.21. The van der Waals surface area contributed by atoms with Gasteiger partial charge in [-0.3, -0.25) is 4.79 Å². The Morgan fingerprint density at radius 3 is 2.50 bits per heavy atom. The van der Waals surface area contributed by atoms with Crippen molar-refractivity contribution in [3.8, 4) is 0 Å². The zero-order valence-corrected chi connectivity index (χ0v) is 13.5. The lowest BCUT2D eigenvalue weighted by Gasteiger charge is -2.21. The molecule has 1 aromatic carbocycles. The number of sulfonamides is 1. The molecule has 0 fully saturated rings. The van der Waals surface area contributed by atoms with Gasteiger partial charge in [0.25, 0.3) is 0 Å². The predicted molar refractivity (Wildman–Crippen MR) is 82.0 cm³/mol. The lowest BCUT2D eigenvalue weighted by Crippen LogP contribution is -2.50. The Balaban J connectivity index is 2.91. The van der Waals surface area contributed by atoms with Crippen molar-refractivity contribution in [3.63, 3.8) is 0 Å². The van der Waals surface area contributed by atoms with Crippen molar-refractivity contribution in [2.75, 3.05) is 13.1 Å². The number of rotatable bonds is 8. The molecule has 1 amide bonds. The molecule has 0 aromatic heterocycles. The molecule has 0 aliphatic carbocycles. The van der Waals surface area contributed by atoms with E-state index in [9.17, 15) is 17.6 Å². The topological polar surface area (TPSA) is 101 Å². The number of hydrogen-bond acceptors (Lipinski definition) is 4. The van der Waals surface area contributed by atoms with E-state index in [1.165, 1.54) is 12.1 Å². The Hall–Kier alpha value is -1.51. The maximum atomic E-state index is 13.7. The molecule has 124 valence electrons. The summed E-state index contributed by atoms with van der Waals surface area (Å²) in [6.07, 6.45) is 0.594. The summed E-state index contributed by atoms with van der Waals surface area (Å²) in [6.45, 7) is 4.20. The van der Waals surface area contributed by atoms with Crippen molar-refractivity contribution in [2.45, 2.75) is 31.2 Å². The lowest BCUT2D eigenvalue weighted by atomic mass is 10.1. The van der Waals surface area contributed by atoms with Crippen LogP contribution in [0.4, 0.5) is 4.39 Å². The van der Waals surface area contributed by atoms with Crippen molar-refractivity contribution in [1.82, 2.24) is 10.0 Å². The van der Waals surface area contributed by atoms with Gasteiger partial charge in [0.05, 0.1) is 0 Å². The van der Waals surface area contributed by atoms with Gasteiger partial charge in [-0.1, -0.05) is 26.0 Å². The molecule has 0 heterocycles. The van der Waals surface area contributed by atoms with Gasteiger partial charge >= 0.3 is 0 Å². The zero-order valence-electron chi connectivity index (χ0n) is 12.7. The standard InChI is InChI=1S/C14H22FN3O3S/c1-10(2)13(14(19)17-9-5-8-16)18-22(20,21)12-7-4-3-6-11(12)15/h3-4,6-7,10,13,18H,5,8-9,16H2,1-2H3,(H,17,19). The van der Waals surface area contributed by atoms with Gasteiger partial charge < -0.3 is 11.1 Å². The number of nitrogens with two attached hydrogens (primary N) is 1. The number of hydrogen-bond donors (Lipinski definition) is 3. The van der Waals surface area contributed by atoms with E-state index in [-0.39, 0.29) is 5.92 Å². The van der Waals surface area contributed by atoms with Crippen LogP contribution >= 0.6 is 0 Å². The Bertz CT molecular complexity index is 605. The quantitative estimate of drug-likeness (QED) is 0.607. The van der Waals surface area contributed by atoms with Crippen LogP contribution < -0.4 is 15.8 Å². The second-order valence-corrected chi connectivity index (χ2v) is 6.89. The van der Waals surface area contributed by atoms with Crippen molar-refractivity contribution < 1.29 is 17.6 Å². The molecule has 1 unspecified atom stereocenters. The fraction of sp³-hybridized carbons (Fsp3) is 0.500. The molecule has 0 saturated heterocycles. The minimum Gasteiger partial charge on any atom is -0.355 e. The highest BCUT2D eigenvalue weighted by Crippen LogP contribution is 2.15. The predicted octanol–water partition coefficient (Wildman–Crippen LogP) is 0.594. The molecular formula is C14H22FN3O3S. The molecule has 0 saturated carbocycles. The van der Waals surface area contributed by atoms with E-state index < -0.39 is 32.7 Å². The van der Waals surface area contributed by atoms with E-state index in [4.69, 9.17) is 5.73 Å². The van der Waals surface area contributed by atoms with Crippen LogP contribution in [0, 0.1) is 11.7 Å². The molecule has 1 aromatic rings. The largest absolute Gasteiger partial charge is 0.355 e. The molecule has 6 nitrogen and oxygen atoms in total. The normalized spacial score (nSPS) is 13.1. The maximum absolute atomic E-state index is 13.7. The first-order valence-electron chi connectivity index (χ1n) is 7.04. The number of amides is 1. The molecule has 0 spiro atoms. The molecule has 8 heteroatoms. The Labute approximate surface area is 130 Å². The van der Waals surface area contributed by atoms with Crippen molar-refractivity contribution in [3.05, 3.63) is 30.1 Å². The number of benzene rings is 1. The smallest absolute Gasteiger partial charge is 0.244 e. The maximum Gasteiger partial charge on any atom is 0.244 e. The first-order chi connectivity index (χ1) is 10.3. The van der Waals surface area contributed by atoms with Gasteiger partial charge in [0.1, 0.15) is 16.8 Å². The van der Waals surface area contributed by atoms with E-state index in [0.29, 0.717) is 19.5 Å². The fourth-order valence-corrected chi connectivity index (χ4v) is 3.23. The number of nitrogens with one attached hydrogen (secondary N) is 2. The lowest BCUT2D eigenvalue weighted by molar-refractivity contribution is -0.123. The fourth-order valence-electron chi connectivity index (χ4n) is 1.81. The van der Waals surface area contributed by atoms with Gasteiger partial charge in [0, 0.05) is 6.54 Å². The summed E-state index contributed by atoms with van der Waals surface area (Å²) in [4.78, 5) is 11.6. The number of halogens is 1. The van der Waals surface area contributed by atoms with Crippen LogP contribution in [0.1, 0.15) is 20.3 Å². The summed E-state index contributed by atoms with van der Waals surface area (Å²) >= 11 is 0. The summed E-state index contributed by atoms with van der Waals surface area (Å²) in [5.74, 6) is -1.61. The van der Waals surface area contributed by atoms with Crippen LogP contribution in [0.2, 0.25) is 0 Å². The first kappa shape index (κ1) is 18.5. The Morgan fingerprint density at radius 1 is 1.32 bits per heavy atom. The summed E-state index contributed by atoms with van der Waals surface area (Å²) < 4.78 is 40.4. The monoisotopic (exact) mass is 331 g/mol. The van der Waals surface area contributed by atoms with Gasteiger partial charge in [0.2, 0.25) is 15.9 Å². The third-order valence-corrected chi connectivity index (χ3v) is 4.51. The van der Waals surface area contributed by atoms with Gasteiger partial charge in [-0.2, -0.15) is 4.72 Å². The van der Waals surface area contributed by atoms with E-state index in [1.807, 2.05) is 0 Å². The van der Waals surface area contributed by atoms with Crippen molar-refractivity contribution in [1.29, 1.82) is 0 Å². The summed E-state index contributed by atoms with van der Waals surface area (Å²) in [6, 6.07) is 4.04. The van der Waals surface area contributed by atoms with E-state index >= 15 is 0 Å². The van der Waals surface area contributed by atoms with E-state index in [1.54, 1.807) is 13.8 Å². The summed E-state index contributed by atoms with van der Waals surface area (Å²) in [5.41, 5.74) is 5.34. The van der Waals surface area contributed by atoms with E-state index in [0.717, 1.165) is 12.1 Å². The third-order valence-electron chi connectivity index (χ3n) is 3.04. The summed E-state index contributed by atoms with van der Waals surface area (Å²) in [7, 11) is -4.12. The molecule has 1 rings (SSSR count). The highest BCUT2D eigenvalue weighted by atomic mass is 32.2. The van der Waals surface area contributed by atoms with Gasteiger partial charge in [0.15, 0.2) is 0 Å². The highest BCUT2D eigenvalue weighted by Gasteiger charge is 2.29. The molecular weight excluding hydrogens is 309 g/mol. The van der Waals surface area contributed by atoms with Gasteiger partial charge in [-0.05, 0) is 31.0 Å². The van der Waals surface area contributed by atoms with Crippen LogP contribution in [0.25, 0.3) is 0 Å². The molecule has 0 aliphatic rings. The van der Waals surface area contributed by atoms with Crippen LogP contribution in [0.3, 0.4) is 0 Å². The third kappa shape index (κ3) is 5.04. The average molecular weight is 331 g/mol. The Morgan fingerprint density at radius 2 is 1.95 bits per heavy atom. The first-order valence-corrected chi connectivity index (χ1v) is 8.52. The van der Waals surface area contributed by atoms with Crippen LogP contribution in [0.5, 0.6) is 0 Å². The van der Waals surface area contributed by atoms with E-state index in [2.05, 4.69) is 10.0 Å². The molecule has 22 heavy (non-hydrogen) atoms. The van der Waals surface area contributed by atoms with Gasteiger partial charge in [-0.25, -0.2) is 12.8 Å². The molecule has 0 radical (unpaired) electrons. The summed E-state index contributed by atoms with van der Waals surface area (Å²) in [5, 5.41) is 2.61. The molecule has 1 atom stereocenters. The number of carbonyl (C=O) groups is 1.